The fourth-order valence-electron chi connectivity index (χ4n) is 1.97. The van der Waals surface area contributed by atoms with Gasteiger partial charge >= 0.3 is 0 Å². The van der Waals surface area contributed by atoms with Gasteiger partial charge in [0.25, 0.3) is 0 Å². The van der Waals surface area contributed by atoms with Gasteiger partial charge in [0.1, 0.15) is 0 Å². The minimum atomic E-state index is -0.782. The molecule has 2 N–H and O–H groups in total. The van der Waals surface area contributed by atoms with Gasteiger partial charge < -0.3 is 9.84 Å². The lowest BCUT2D eigenvalue weighted by Gasteiger charge is -2.05. The lowest BCUT2D eigenvalue weighted by molar-refractivity contribution is 0.357. The van der Waals surface area contributed by atoms with E-state index in [0.717, 1.165) is 11.6 Å². The number of nitrogens with zero attached hydrogens (tertiary/aromatic N) is 2. The van der Waals surface area contributed by atoms with Crippen molar-refractivity contribution in [3.63, 3.8) is 0 Å². The molecule has 0 amide bonds. The van der Waals surface area contributed by atoms with Crippen LogP contribution in [0.15, 0.2) is 42.5 Å². The van der Waals surface area contributed by atoms with Crippen molar-refractivity contribution in [1.29, 1.82) is 0 Å². The Morgan fingerprint density at radius 3 is 2.62 bits per heavy atom. The first kappa shape index (κ1) is 13.1. The molecular formula is C15H12FN3O2. The van der Waals surface area contributed by atoms with E-state index in [4.69, 9.17) is 4.74 Å². The van der Waals surface area contributed by atoms with E-state index in [-0.39, 0.29) is 5.75 Å². The maximum absolute atomic E-state index is 13.6. The number of hydrogen-bond acceptors (Lipinski definition) is 4. The average Bonchev–Trinajstić information content (AvgIpc) is 3.00. The molecule has 0 aliphatic heterocycles. The molecule has 2 aromatic carbocycles. The second-order valence-electron chi connectivity index (χ2n) is 4.38. The van der Waals surface area contributed by atoms with E-state index in [0.29, 0.717) is 17.2 Å². The number of aromatic nitrogens is 3. The molecule has 0 fully saturated rings. The van der Waals surface area contributed by atoms with Crippen molar-refractivity contribution in [2.45, 2.75) is 0 Å². The van der Waals surface area contributed by atoms with E-state index in [2.05, 4.69) is 15.2 Å². The normalized spacial score (nSPS) is 10.6. The molecule has 3 aromatic rings. The van der Waals surface area contributed by atoms with Gasteiger partial charge in [0.2, 0.25) is 0 Å². The summed E-state index contributed by atoms with van der Waals surface area (Å²) in [5, 5.41) is 16.4. The smallest absolute Gasteiger partial charge is 0.194 e. The summed E-state index contributed by atoms with van der Waals surface area (Å²) in [4.78, 5) is 4.33. The second kappa shape index (κ2) is 5.24. The molecule has 106 valence electrons. The number of methoxy groups -OCH3 is 1. The summed E-state index contributed by atoms with van der Waals surface area (Å²) in [6.07, 6.45) is 0. The Morgan fingerprint density at radius 2 is 1.90 bits per heavy atom. The second-order valence-corrected chi connectivity index (χ2v) is 4.38. The summed E-state index contributed by atoms with van der Waals surface area (Å²) in [5.74, 6) is -0.365. The fraction of sp³-hybridized carbons (Fsp3) is 0.0667. The molecule has 21 heavy (non-hydrogen) atoms. The van der Waals surface area contributed by atoms with Crippen molar-refractivity contribution in [3.05, 3.63) is 48.3 Å². The van der Waals surface area contributed by atoms with Gasteiger partial charge in [-0.3, -0.25) is 5.10 Å². The van der Waals surface area contributed by atoms with Gasteiger partial charge in [-0.05, 0) is 12.1 Å². The SMILES string of the molecule is COc1cc(-c2n[nH]c(-c3ccccc3)n2)cc(F)c1O. The van der Waals surface area contributed by atoms with E-state index < -0.39 is 11.6 Å². The number of ether oxygens (including phenoxy) is 1. The Balaban J connectivity index is 2.03. The highest BCUT2D eigenvalue weighted by Gasteiger charge is 2.14. The molecule has 0 radical (unpaired) electrons. The maximum Gasteiger partial charge on any atom is 0.194 e. The molecule has 0 bridgehead atoms. The Morgan fingerprint density at radius 1 is 1.14 bits per heavy atom. The predicted molar refractivity (Wildman–Crippen MR) is 75.4 cm³/mol. The number of aromatic hydroxyl groups is 1. The van der Waals surface area contributed by atoms with Crippen LogP contribution in [0.2, 0.25) is 0 Å². The Kier molecular flexibility index (Phi) is 3.27. The van der Waals surface area contributed by atoms with Crippen LogP contribution in [0.25, 0.3) is 22.8 Å². The van der Waals surface area contributed by atoms with Gasteiger partial charge in [0, 0.05) is 11.1 Å². The summed E-state index contributed by atoms with van der Waals surface area (Å²) in [7, 11) is 1.35. The third-order valence-corrected chi connectivity index (χ3v) is 3.04. The molecule has 1 aromatic heterocycles. The van der Waals surface area contributed by atoms with Crippen molar-refractivity contribution in [2.75, 3.05) is 7.11 Å². The largest absolute Gasteiger partial charge is 0.502 e. The zero-order chi connectivity index (χ0) is 14.8. The minimum absolute atomic E-state index is 0.0380. The van der Waals surface area contributed by atoms with Crippen molar-refractivity contribution in [1.82, 2.24) is 15.2 Å². The summed E-state index contributed by atoms with van der Waals surface area (Å²) in [5.41, 5.74) is 1.29. The van der Waals surface area contributed by atoms with Crippen LogP contribution in [0.1, 0.15) is 0 Å². The molecular weight excluding hydrogens is 273 g/mol. The Hall–Kier alpha value is -2.89. The first-order chi connectivity index (χ1) is 10.2. The molecule has 5 nitrogen and oxygen atoms in total. The quantitative estimate of drug-likeness (QED) is 0.776. The average molecular weight is 285 g/mol. The van der Waals surface area contributed by atoms with Crippen LogP contribution >= 0.6 is 0 Å². The highest BCUT2D eigenvalue weighted by molar-refractivity contribution is 5.64. The monoisotopic (exact) mass is 285 g/mol. The molecule has 0 atom stereocenters. The van der Waals surface area contributed by atoms with Crippen molar-refractivity contribution in [3.8, 4) is 34.3 Å². The minimum Gasteiger partial charge on any atom is -0.502 e. The van der Waals surface area contributed by atoms with Crippen molar-refractivity contribution >= 4 is 0 Å². The predicted octanol–water partition coefficient (Wildman–Crippen LogP) is 2.99. The first-order valence-corrected chi connectivity index (χ1v) is 6.23. The number of aromatic amines is 1. The van der Waals surface area contributed by atoms with Crippen LogP contribution in [0, 0.1) is 5.82 Å². The van der Waals surface area contributed by atoms with Gasteiger partial charge in [-0.15, -0.1) is 0 Å². The third kappa shape index (κ3) is 2.43. The molecule has 0 unspecified atom stereocenters. The molecule has 0 aliphatic carbocycles. The summed E-state index contributed by atoms with van der Waals surface area (Å²) >= 11 is 0. The number of phenolic OH excluding ortho intramolecular Hbond substituents is 1. The molecule has 0 saturated heterocycles. The third-order valence-electron chi connectivity index (χ3n) is 3.04. The van der Waals surface area contributed by atoms with Gasteiger partial charge in [0.15, 0.2) is 29.0 Å². The van der Waals surface area contributed by atoms with E-state index in [1.807, 2.05) is 30.3 Å². The number of benzene rings is 2. The highest BCUT2D eigenvalue weighted by Crippen LogP contribution is 2.33. The topological polar surface area (TPSA) is 71.0 Å². The summed E-state index contributed by atoms with van der Waals surface area (Å²) < 4.78 is 18.6. The lowest BCUT2D eigenvalue weighted by Crippen LogP contribution is -1.90. The maximum atomic E-state index is 13.6. The number of halogens is 1. The molecule has 0 aliphatic rings. The highest BCUT2D eigenvalue weighted by atomic mass is 19.1. The Bertz CT molecular complexity index is 772. The zero-order valence-corrected chi connectivity index (χ0v) is 11.2. The fourth-order valence-corrected chi connectivity index (χ4v) is 1.97. The standard InChI is InChI=1S/C15H12FN3O2/c1-21-12-8-10(7-11(16)13(12)20)15-17-14(18-19-15)9-5-3-2-4-6-9/h2-8,20H,1H3,(H,17,18,19). The first-order valence-electron chi connectivity index (χ1n) is 6.23. The number of rotatable bonds is 3. The van der Waals surface area contributed by atoms with E-state index in [1.165, 1.54) is 13.2 Å². The van der Waals surface area contributed by atoms with Gasteiger partial charge in [-0.1, -0.05) is 30.3 Å². The number of hydrogen-bond donors (Lipinski definition) is 2. The number of phenols is 1. The number of nitrogens with one attached hydrogen (secondary N) is 1. The lowest BCUT2D eigenvalue weighted by atomic mass is 10.2. The van der Waals surface area contributed by atoms with E-state index in [9.17, 15) is 9.50 Å². The Labute approximate surface area is 120 Å². The van der Waals surface area contributed by atoms with Gasteiger partial charge in [0.05, 0.1) is 7.11 Å². The molecule has 0 spiro atoms. The summed E-state index contributed by atoms with van der Waals surface area (Å²) in [6, 6.07) is 12.1. The molecule has 3 rings (SSSR count). The van der Waals surface area contributed by atoms with Crippen LogP contribution in [0.3, 0.4) is 0 Å². The summed E-state index contributed by atoms with van der Waals surface area (Å²) in [6.45, 7) is 0. The van der Waals surface area contributed by atoms with Crippen LogP contribution in [-0.4, -0.2) is 27.4 Å². The van der Waals surface area contributed by atoms with Gasteiger partial charge in [-0.2, -0.15) is 5.10 Å². The van der Waals surface area contributed by atoms with Crippen molar-refractivity contribution in [2.24, 2.45) is 0 Å². The van der Waals surface area contributed by atoms with E-state index in [1.54, 1.807) is 0 Å². The van der Waals surface area contributed by atoms with E-state index >= 15 is 0 Å². The van der Waals surface area contributed by atoms with Crippen LogP contribution in [-0.2, 0) is 0 Å². The van der Waals surface area contributed by atoms with Crippen LogP contribution < -0.4 is 4.74 Å². The molecule has 0 saturated carbocycles. The van der Waals surface area contributed by atoms with Crippen LogP contribution in [0.4, 0.5) is 4.39 Å². The number of H-pyrrole nitrogens is 1. The van der Waals surface area contributed by atoms with Gasteiger partial charge in [-0.25, -0.2) is 9.37 Å². The van der Waals surface area contributed by atoms with Crippen LogP contribution in [0.5, 0.6) is 11.5 Å². The molecule has 1 heterocycles. The zero-order valence-electron chi connectivity index (χ0n) is 11.2. The van der Waals surface area contributed by atoms with Crippen molar-refractivity contribution < 1.29 is 14.2 Å². The molecule has 6 heteroatoms.